The van der Waals surface area contributed by atoms with E-state index in [4.69, 9.17) is 9.47 Å². The lowest BCUT2D eigenvalue weighted by atomic mass is 10.2. The van der Waals surface area contributed by atoms with Crippen LogP contribution in [0, 0.1) is 0 Å². The number of carbonyl (C=O) groups excluding carboxylic acids is 1. The van der Waals surface area contributed by atoms with Gasteiger partial charge in [0.1, 0.15) is 10.6 Å². The van der Waals surface area contributed by atoms with Crippen molar-refractivity contribution in [1.29, 1.82) is 0 Å². The minimum Gasteiger partial charge on any atom is -0.460 e. The molecule has 0 aromatic carbocycles. The average Bonchev–Trinajstić information content (AvgIpc) is 1.96. The van der Waals surface area contributed by atoms with Gasteiger partial charge in [0.25, 0.3) is 0 Å². The summed E-state index contributed by atoms with van der Waals surface area (Å²) >= 11 is 3.26. The summed E-state index contributed by atoms with van der Waals surface area (Å²) in [6.45, 7) is 8.22. The summed E-state index contributed by atoms with van der Waals surface area (Å²) in [5, 5.41) is -0.239. The summed E-state index contributed by atoms with van der Waals surface area (Å²) in [6.07, 6.45) is 1.19. The van der Waals surface area contributed by atoms with Crippen LogP contribution in [-0.2, 0) is 14.3 Å². The maximum atomic E-state index is 11.3. The van der Waals surface area contributed by atoms with Gasteiger partial charge in [-0.2, -0.15) is 0 Å². The highest BCUT2D eigenvalue weighted by molar-refractivity contribution is 9.09. The molecule has 0 aliphatic carbocycles. The SMILES string of the molecule is CCCOC(Br)CC(=O)OC(C)(C)C. The van der Waals surface area contributed by atoms with Gasteiger partial charge in [0.15, 0.2) is 0 Å². The summed E-state index contributed by atoms with van der Waals surface area (Å²) in [7, 11) is 0. The molecule has 0 aliphatic heterocycles. The van der Waals surface area contributed by atoms with E-state index < -0.39 is 5.60 Å². The molecule has 0 N–H and O–H groups in total. The molecule has 0 amide bonds. The Morgan fingerprint density at radius 2 is 2.00 bits per heavy atom. The van der Waals surface area contributed by atoms with Crippen molar-refractivity contribution >= 4 is 21.9 Å². The summed E-state index contributed by atoms with van der Waals surface area (Å²) in [5.74, 6) is -0.240. The molecule has 0 rings (SSSR count). The summed E-state index contributed by atoms with van der Waals surface area (Å²) in [4.78, 5) is 11.3. The van der Waals surface area contributed by atoms with Crippen molar-refractivity contribution in [3.8, 4) is 0 Å². The third-order valence-electron chi connectivity index (χ3n) is 1.25. The first kappa shape index (κ1) is 13.9. The van der Waals surface area contributed by atoms with Crippen LogP contribution in [0.2, 0.25) is 0 Å². The Morgan fingerprint density at radius 1 is 1.43 bits per heavy atom. The molecule has 1 atom stereocenters. The van der Waals surface area contributed by atoms with Crippen molar-refractivity contribution < 1.29 is 14.3 Å². The Labute approximate surface area is 94.3 Å². The van der Waals surface area contributed by atoms with Crippen LogP contribution in [0.25, 0.3) is 0 Å². The van der Waals surface area contributed by atoms with Crippen molar-refractivity contribution in [3.05, 3.63) is 0 Å². The van der Waals surface area contributed by atoms with Gasteiger partial charge in [-0.25, -0.2) is 0 Å². The van der Waals surface area contributed by atoms with E-state index in [1.54, 1.807) is 0 Å². The van der Waals surface area contributed by atoms with E-state index in [9.17, 15) is 4.79 Å². The molecule has 0 saturated heterocycles. The Balaban J connectivity index is 3.71. The molecule has 1 unspecified atom stereocenters. The van der Waals surface area contributed by atoms with Crippen LogP contribution < -0.4 is 0 Å². The maximum Gasteiger partial charge on any atom is 0.309 e. The first-order valence-electron chi connectivity index (χ1n) is 4.82. The Morgan fingerprint density at radius 3 is 2.43 bits per heavy atom. The van der Waals surface area contributed by atoms with Gasteiger partial charge in [0, 0.05) is 6.61 Å². The standard InChI is InChI=1S/C10H19BrO3/c1-5-6-13-8(11)7-9(12)14-10(2,3)4/h8H,5-7H2,1-4H3. The zero-order valence-corrected chi connectivity index (χ0v) is 10.9. The summed E-state index contributed by atoms with van der Waals surface area (Å²) in [5.41, 5.74) is -0.422. The predicted octanol–water partition coefficient (Wildman–Crippen LogP) is 2.87. The highest BCUT2D eigenvalue weighted by Gasteiger charge is 2.19. The molecule has 3 nitrogen and oxygen atoms in total. The lowest BCUT2D eigenvalue weighted by molar-refractivity contribution is -0.156. The van der Waals surface area contributed by atoms with Crippen molar-refractivity contribution in [2.45, 2.75) is 51.2 Å². The normalized spacial score (nSPS) is 13.8. The minimum absolute atomic E-state index is 0.239. The number of carbonyl (C=O) groups is 1. The molecule has 0 fully saturated rings. The zero-order chi connectivity index (χ0) is 11.2. The Kier molecular flexibility index (Phi) is 6.36. The third-order valence-corrected chi connectivity index (χ3v) is 1.84. The highest BCUT2D eigenvalue weighted by Crippen LogP contribution is 2.13. The van der Waals surface area contributed by atoms with Gasteiger partial charge in [-0.15, -0.1) is 0 Å². The van der Waals surface area contributed by atoms with Gasteiger partial charge in [-0.05, 0) is 27.2 Å². The lowest BCUT2D eigenvalue weighted by Crippen LogP contribution is -2.26. The van der Waals surface area contributed by atoms with Gasteiger partial charge in [-0.3, -0.25) is 4.79 Å². The second kappa shape index (κ2) is 6.40. The topological polar surface area (TPSA) is 35.5 Å². The Hall–Kier alpha value is -0.0900. The summed E-state index contributed by atoms with van der Waals surface area (Å²) in [6, 6.07) is 0. The summed E-state index contributed by atoms with van der Waals surface area (Å²) < 4.78 is 10.4. The number of hydrogen-bond donors (Lipinski definition) is 0. The van der Waals surface area contributed by atoms with Crippen molar-refractivity contribution in [1.82, 2.24) is 0 Å². The van der Waals surface area contributed by atoms with E-state index in [0.29, 0.717) is 6.61 Å². The van der Waals surface area contributed by atoms with Gasteiger partial charge >= 0.3 is 5.97 Å². The fraction of sp³-hybridized carbons (Fsp3) is 0.900. The zero-order valence-electron chi connectivity index (χ0n) is 9.30. The van der Waals surface area contributed by atoms with Crippen LogP contribution in [0.1, 0.15) is 40.5 Å². The van der Waals surface area contributed by atoms with Crippen LogP contribution >= 0.6 is 15.9 Å². The van der Waals surface area contributed by atoms with Gasteiger partial charge in [-0.1, -0.05) is 22.9 Å². The second-order valence-corrected chi connectivity index (χ2v) is 5.09. The first-order valence-corrected chi connectivity index (χ1v) is 5.74. The molecule has 0 aliphatic rings. The monoisotopic (exact) mass is 266 g/mol. The van der Waals surface area contributed by atoms with E-state index in [1.165, 1.54) is 0 Å². The minimum atomic E-state index is -0.422. The van der Waals surface area contributed by atoms with Crippen LogP contribution in [0.15, 0.2) is 0 Å². The maximum absolute atomic E-state index is 11.3. The lowest BCUT2D eigenvalue weighted by Gasteiger charge is -2.20. The molecule has 0 spiro atoms. The van der Waals surface area contributed by atoms with Gasteiger partial charge in [0.05, 0.1) is 6.42 Å². The van der Waals surface area contributed by atoms with Gasteiger partial charge in [0.2, 0.25) is 0 Å². The smallest absolute Gasteiger partial charge is 0.309 e. The molecule has 4 heteroatoms. The molecular weight excluding hydrogens is 248 g/mol. The number of rotatable bonds is 5. The van der Waals surface area contributed by atoms with Crippen molar-refractivity contribution in [2.24, 2.45) is 0 Å². The molecule has 84 valence electrons. The fourth-order valence-corrected chi connectivity index (χ4v) is 1.27. The van der Waals surface area contributed by atoms with Crippen LogP contribution in [-0.4, -0.2) is 23.2 Å². The van der Waals surface area contributed by atoms with E-state index in [0.717, 1.165) is 6.42 Å². The molecular formula is C10H19BrO3. The van der Waals surface area contributed by atoms with E-state index in [2.05, 4.69) is 15.9 Å². The molecule has 0 aromatic heterocycles. The number of halogens is 1. The molecule has 0 bridgehead atoms. The van der Waals surface area contributed by atoms with E-state index in [1.807, 2.05) is 27.7 Å². The number of hydrogen-bond acceptors (Lipinski definition) is 3. The molecule has 14 heavy (non-hydrogen) atoms. The quantitative estimate of drug-likeness (QED) is 0.567. The number of esters is 1. The molecule has 0 radical (unpaired) electrons. The predicted molar refractivity (Wildman–Crippen MR) is 59.4 cm³/mol. The fourth-order valence-electron chi connectivity index (χ4n) is 0.819. The van der Waals surface area contributed by atoms with Crippen LogP contribution in [0.5, 0.6) is 0 Å². The van der Waals surface area contributed by atoms with E-state index >= 15 is 0 Å². The first-order chi connectivity index (χ1) is 6.35. The molecule has 0 saturated carbocycles. The second-order valence-electron chi connectivity index (χ2n) is 4.07. The Bertz CT molecular complexity index is 175. The molecule has 0 aromatic rings. The largest absolute Gasteiger partial charge is 0.460 e. The highest BCUT2D eigenvalue weighted by atomic mass is 79.9. The van der Waals surface area contributed by atoms with Crippen LogP contribution in [0.3, 0.4) is 0 Å². The average molecular weight is 267 g/mol. The third kappa shape index (κ3) is 8.51. The van der Waals surface area contributed by atoms with Gasteiger partial charge < -0.3 is 9.47 Å². The van der Waals surface area contributed by atoms with Crippen LogP contribution in [0.4, 0.5) is 0 Å². The van der Waals surface area contributed by atoms with E-state index in [-0.39, 0.29) is 17.4 Å². The van der Waals surface area contributed by atoms with Crippen molar-refractivity contribution in [2.75, 3.05) is 6.61 Å². The number of alkyl halides is 1. The molecule has 0 heterocycles. The number of ether oxygens (including phenoxy) is 2. The van der Waals surface area contributed by atoms with Crippen molar-refractivity contribution in [3.63, 3.8) is 0 Å².